The van der Waals surface area contributed by atoms with Crippen molar-refractivity contribution in [3.63, 3.8) is 0 Å². The van der Waals surface area contributed by atoms with E-state index in [4.69, 9.17) is 10.5 Å². The summed E-state index contributed by atoms with van der Waals surface area (Å²) >= 11 is 3.49. The lowest BCUT2D eigenvalue weighted by Gasteiger charge is -2.21. The van der Waals surface area contributed by atoms with Crippen molar-refractivity contribution >= 4 is 21.8 Å². The lowest BCUT2D eigenvalue weighted by Crippen LogP contribution is -2.35. The van der Waals surface area contributed by atoms with Crippen LogP contribution in [0.4, 0.5) is 0 Å². The first-order chi connectivity index (χ1) is 10.2. The van der Waals surface area contributed by atoms with Gasteiger partial charge < -0.3 is 15.4 Å². The van der Waals surface area contributed by atoms with Gasteiger partial charge in [-0.3, -0.25) is 4.79 Å². The number of carbonyl (C=O) groups is 1. The van der Waals surface area contributed by atoms with Crippen LogP contribution in [-0.4, -0.2) is 37.0 Å². The van der Waals surface area contributed by atoms with Gasteiger partial charge in [-0.1, -0.05) is 25.0 Å². The third-order valence-corrected chi connectivity index (χ3v) is 4.39. The maximum Gasteiger partial charge on any atom is 0.260 e. The van der Waals surface area contributed by atoms with Gasteiger partial charge in [0.15, 0.2) is 6.61 Å². The molecule has 1 heterocycles. The minimum absolute atomic E-state index is 0.0753. The molecule has 21 heavy (non-hydrogen) atoms. The van der Waals surface area contributed by atoms with E-state index in [0.717, 1.165) is 48.1 Å². The number of hydrogen-bond acceptors (Lipinski definition) is 3. The molecule has 1 aromatic carbocycles. The Kier molecular flexibility index (Phi) is 6.51. The molecule has 1 aromatic rings. The summed E-state index contributed by atoms with van der Waals surface area (Å²) in [4.78, 5) is 14.2. The summed E-state index contributed by atoms with van der Waals surface area (Å²) < 4.78 is 6.66. The van der Waals surface area contributed by atoms with Crippen molar-refractivity contribution in [2.45, 2.75) is 32.1 Å². The molecule has 0 bridgehead atoms. The van der Waals surface area contributed by atoms with E-state index < -0.39 is 0 Å². The molecule has 1 fully saturated rings. The Bertz CT molecular complexity index is 471. The fourth-order valence-electron chi connectivity index (χ4n) is 2.61. The van der Waals surface area contributed by atoms with Gasteiger partial charge in [0, 0.05) is 13.1 Å². The number of para-hydroxylation sites is 1. The van der Waals surface area contributed by atoms with Gasteiger partial charge in [0.05, 0.1) is 4.47 Å². The number of ether oxygens (including phenoxy) is 1. The maximum absolute atomic E-state index is 12.3. The van der Waals surface area contributed by atoms with E-state index in [9.17, 15) is 4.79 Å². The summed E-state index contributed by atoms with van der Waals surface area (Å²) in [6, 6.07) is 5.87. The van der Waals surface area contributed by atoms with Crippen LogP contribution in [0.15, 0.2) is 22.7 Å². The second-order valence-corrected chi connectivity index (χ2v) is 6.20. The zero-order valence-corrected chi connectivity index (χ0v) is 13.9. The minimum atomic E-state index is 0.0753. The Morgan fingerprint density at radius 1 is 1.24 bits per heavy atom. The molecule has 4 nitrogen and oxygen atoms in total. The minimum Gasteiger partial charge on any atom is -0.482 e. The highest BCUT2D eigenvalue weighted by Gasteiger charge is 2.17. The Morgan fingerprint density at radius 3 is 2.62 bits per heavy atom. The van der Waals surface area contributed by atoms with Crippen LogP contribution < -0.4 is 10.5 Å². The van der Waals surface area contributed by atoms with Gasteiger partial charge in [-0.25, -0.2) is 0 Å². The Morgan fingerprint density at radius 2 is 1.95 bits per heavy atom. The number of benzene rings is 1. The van der Waals surface area contributed by atoms with E-state index in [1.54, 1.807) is 0 Å². The zero-order chi connectivity index (χ0) is 15.1. The summed E-state index contributed by atoms with van der Waals surface area (Å²) in [5.41, 5.74) is 6.66. The summed E-state index contributed by atoms with van der Waals surface area (Å²) in [5.74, 6) is 0.817. The first-order valence-corrected chi connectivity index (χ1v) is 8.39. The Hall–Kier alpha value is -1.07. The highest BCUT2D eigenvalue weighted by atomic mass is 79.9. The highest BCUT2D eigenvalue weighted by molar-refractivity contribution is 9.10. The summed E-state index contributed by atoms with van der Waals surface area (Å²) in [7, 11) is 0. The molecule has 1 amide bonds. The summed E-state index contributed by atoms with van der Waals surface area (Å²) in [6.07, 6.45) is 5.37. The van der Waals surface area contributed by atoms with Gasteiger partial charge in [-0.05, 0) is 53.4 Å². The molecule has 2 N–H and O–H groups in total. The van der Waals surface area contributed by atoms with Gasteiger partial charge in [0.25, 0.3) is 5.91 Å². The quantitative estimate of drug-likeness (QED) is 0.884. The average molecular weight is 355 g/mol. The fourth-order valence-corrected chi connectivity index (χ4v) is 3.13. The van der Waals surface area contributed by atoms with E-state index in [1.165, 1.54) is 12.8 Å². The zero-order valence-electron chi connectivity index (χ0n) is 12.3. The van der Waals surface area contributed by atoms with E-state index in [1.807, 2.05) is 23.1 Å². The lowest BCUT2D eigenvalue weighted by atomic mass is 10.1. The Balaban J connectivity index is 1.97. The predicted octanol–water partition coefficient (Wildman–Crippen LogP) is 2.73. The van der Waals surface area contributed by atoms with Gasteiger partial charge >= 0.3 is 0 Å². The van der Waals surface area contributed by atoms with Crippen molar-refractivity contribution in [2.24, 2.45) is 5.73 Å². The van der Waals surface area contributed by atoms with Crippen molar-refractivity contribution in [2.75, 3.05) is 26.2 Å². The third-order valence-electron chi connectivity index (χ3n) is 3.76. The molecule has 1 saturated heterocycles. The van der Waals surface area contributed by atoms with Crippen molar-refractivity contribution in [3.05, 3.63) is 28.2 Å². The lowest BCUT2D eigenvalue weighted by molar-refractivity contribution is -0.133. The molecule has 1 aliphatic heterocycles. The van der Waals surface area contributed by atoms with Crippen LogP contribution in [-0.2, 0) is 11.2 Å². The first-order valence-electron chi connectivity index (χ1n) is 7.60. The van der Waals surface area contributed by atoms with E-state index in [2.05, 4.69) is 15.9 Å². The highest BCUT2D eigenvalue weighted by Crippen LogP contribution is 2.29. The molecule has 2 rings (SSSR count). The van der Waals surface area contributed by atoms with Crippen LogP contribution in [0.2, 0.25) is 0 Å². The molecular weight excluding hydrogens is 332 g/mol. The number of rotatable bonds is 5. The smallest absolute Gasteiger partial charge is 0.260 e. The van der Waals surface area contributed by atoms with E-state index in [0.29, 0.717) is 6.54 Å². The van der Waals surface area contributed by atoms with Crippen LogP contribution in [0, 0.1) is 0 Å². The third kappa shape index (κ3) is 4.71. The predicted molar refractivity (Wildman–Crippen MR) is 87.4 cm³/mol. The van der Waals surface area contributed by atoms with E-state index in [-0.39, 0.29) is 12.5 Å². The van der Waals surface area contributed by atoms with Crippen molar-refractivity contribution in [1.29, 1.82) is 0 Å². The second kappa shape index (κ2) is 8.39. The number of nitrogens with two attached hydrogens (primary N) is 1. The molecule has 0 saturated carbocycles. The molecule has 116 valence electrons. The number of carbonyl (C=O) groups excluding carboxylic acids is 1. The topological polar surface area (TPSA) is 55.6 Å². The first kappa shape index (κ1) is 16.3. The number of halogens is 1. The number of amides is 1. The molecule has 0 spiro atoms. The largest absolute Gasteiger partial charge is 0.482 e. The Labute approximate surface area is 134 Å². The second-order valence-electron chi connectivity index (χ2n) is 5.35. The standard InChI is InChI=1S/C16H23BrN2O2/c17-14-7-5-6-13(8-9-18)16(14)21-12-15(20)19-10-3-1-2-4-11-19/h5-7H,1-4,8-12,18H2. The molecule has 0 radical (unpaired) electrons. The molecule has 5 heteroatoms. The van der Waals surface area contributed by atoms with Gasteiger partial charge in [0.2, 0.25) is 0 Å². The molecule has 0 unspecified atom stereocenters. The molecule has 0 aliphatic carbocycles. The normalized spacial score (nSPS) is 15.6. The van der Waals surface area contributed by atoms with Gasteiger partial charge in [-0.2, -0.15) is 0 Å². The fraction of sp³-hybridized carbons (Fsp3) is 0.562. The van der Waals surface area contributed by atoms with Crippen molar-refractivity contribution in [3.8, 4) is 5.75 Å². The van der Waals surface area contributed by atoms with Crippen LogP contribution in [0.3, 0.4) is 0 Å². The van der Waals surface area contributed by atoms with E-state index >= 15 is 0 Å². The van der Waals surface area contributed by atoms with Gasteiger partial charge in [0.1, 0.15) is 5.75 Å². The SMILES string of the molecule is NCCc1cccc(Br)c1OCC(=O)N1CCCCCC1. The van der Waals surface area contributed by atoms with Crippen molar-refractivity contribution in [1.82, 2.24) is 4.90 Å². The number of likely N-dealkylation sites (tertiary alicyclic amines) is 1. The maximum atomic E-state index is 12.3. The van der Waals surface area contributed by atoms with Gasteiger partial charge in [-0.15, -0.1) is 0 Å². The van der Waals surface area contributed by atoms with Crippen LogP contribution in [0.5, 0.6) is 5.75 Å². The van der Waals surface area contributed by atoms with Crippen molar-refractivity contribution < 1.29 is 9.53 Å². The molecular formula is C16H23BrN2O2. The molecule has 0 atom stereocenters. The molecule has 0 aromatic heterocycles. The van der Waals surface area contributed by atoms with Crippen LogP contribution in [0.1, 0.15) is 31.2 Å². The van der Waals surface area contributed by atoms with Crippen LogP contribution >= 0.6 is 15.9 Å². The molecule has 1 aliphatic rings. The number of nitrogens with zero attached hydrogens (tertiary/aromatic N) is 1. The van der Waals surface area contributed by atoms with Crippen LogP contribution in [0.25, 0.3) is 0 Å². The monoisotopic (exact) mass is 354 g/mol. The summed E-state index contributed by atoms with van der Waals surface area (Å²) in [5, 5.41) is 0. The summed E-state index contributed by atoms with van der Waals surface area (Å²) in [6.45, 7) is 2.37. The number of hydrogen-bond donors (Lipinski definition) is 1. The average Bonchev–Trinajstić information content (AvgIpc) is 2.76.